The summed E-state index contributed by atoms with van der Waals surface area (Å²) in [6.07, 6.45) is 0. The molecule has 0 amide bonds. The summed E-state index contributed by atoms with van der Waals surface area (Å²) in [5.41, 5.74) is 1.95. The Labute approximate surface area is 131 Å². The van der Waals surface area contributed by atoms with E-state index in [1.165, 1.54) is 6.07 Å². The lowest BCUT2D eigenvalue weighted by Crippen LogP contribution is -2.11. The van der Waals surface area contributed by atoms with Gasteiger partial charge in [-0.15, -0.1) is 11.3 Å². The van der Waals surface area contributed by atoms with Crippen molar-refractivity contribution in [3.05, 3.63) is 45.7 Å². The molecule has 1 aromatic heterocycles. The molecule has 1 heterocycles. The van der Waals surface area contributed by atoms with Crippen LogP contribution in [-0.2, 0) is 17.4 Å². The van der Waals surface area contributed by atoms with Gasteiger partial charge in [0.2, 0.25) is 0 Å². The zero-order chi connectivity index (χ0) is 14.8. The summed E-state index contributed by atoms with van der Waals surface area (Å²) < 4.78 is 19.3. The first-order chi connectivity index (χ1) is 9.40. The molecule has 0 spiro atoms. The van der Waals surface area contributed by atoms with Crippen molar-refractivity contribution < 1.29 is 9.13 Å². The maximum Gasteiger partial charge on any atom is 0.165 e. The molecule has 0 radical (unpaired) electrons. The van der Waals surface area contributed by atoms with Crippen LogP contribution >= 0.6 is 27.3 Å². The average Bonchev–Trinajstić information content (AvgIpc) is 2.86. The van der Waals surface area contributed by atoms with E-state index in [-0.39, 0.29) is 17.0 Å². The summed E-state index contributed by atoms with van der Waals surface area (Å²) in [5.74, 6) is -0.0724. The van der Waals surface area contributed by atoms with Crippen LogP contribution < -0.4 is 4.74 Å². The van der Waals surface area contributed by atoms with Gasteiger partial charge in [0.25, 0.3) is 0 Å². The number of ether oxygens (including phenoxy) is 1. The molecule has 0 fully saturated rings. The van der Waals surface area contributed by atoms with Gasteiger partial charge in [-0.25, -0.2) is 9.37 Å². The van der Waals surface area contributed by atoms with E-state index in [2.05, 4.69) is 41.7 Å². The fourth-order valence-corrected chi connectivity index (χ4v) is 2.89. The Morgan fingerprint density at radius 1 is 1.35 bits per heavy atom. The number of rotatable bonds is 4. The van der Waals surface area contributed by atoms with E-state index in [1.807, 2.05) is 11.4 Å². The second-order valence-electron chi connectivity index (χ2n) is 5.56. The van der Waals surface area contributed by atoms with Crippen molar-refractivity contribution >= 4 is 27.3 Å². The lowest BCUT2D eigenvalue weighted by molar-refractivity contribution is 0.289. The molecule has 2 nitrogen and oxygen atoms in total. The van der Waals surface area contributed by atoms with Crippen LogP contribution in [-0.4, -0.2) is 4.98 Å². The molecule has 0 aliphatic rings. The number of halogens is 2. The molecule has 0 saturated carbocycles. The Morgan fingerprint density at radius 3 is 2.65 bits per heavy atom. The monoisotopic (exact) mass is 357 g/mol. The smallest absolute Gasteiger partial charge is 0.165 e. The molecule has 20 heavy (non-hydrogen) atoms. The highest BCUT2D eigenvalue weighted by molar-refractivity contribution is 9.08. The van der Waals surface area contributed by atoms with E-state index in [9.17, 15) is 4.39 Å². The van der Waals surface area contributed by atoms with Crippen LogP contribution in [0.4, 0.5) is 4.39 Å². The average molecular weight is 358 g/mol. The van der Waals surface area contributed by atoms with Gasteiger partial charge in [0.05, 0.1) is 5.69 Å². The zero-order valence-corrected chi connectivity index (χ0v) is 14.1. The number of benzene rings is 1. The second-order valence-corrected chi connectivity index (χ2v) is 7.07. The molecule has 0 N–H and O–H groups in total. The largest absolute Gasteiger partial charge is 0.483 e. The molecule has 108 valence electrons. The van der Waals surface area contributed by atoms with Gasteiger partial charge in [-0.2, -0.15) is 0 Å². The van der Waals surface area contributed by atoms with Crippen molar-refractivity contribution in [3.8, 4) is 5.75 Å². The van der Waals surface area contributed by atoms with E-state index in [0.29, 0.717) is 11.9 Å². The van der Waals surface area contributed by atoms with Crippen molar-refractivity contribution in [1.29, 1.82) is 0 Å². The number of alkyl halides is 1. The fraction of sp³-hybridized carbons (Fsp3) is 0.400. The Balaban J connectivity index is 2.04. The minimum Gasteiger partial charge on any atom is -0.483 e. The Kier molecular flexibility index (Phi) is 4.81. The van der Waals surface area contributed by atoms with Gasteiger partial charge in [0.1, 0.15) is 11.6 Å². The molecular formula is C15H17BrFNOS. The van der Waals surface area contributed by atoms with E-state index in [4.69, 9.17) is 4.74 Å². The Morgan fingerprint density at radius 2 is 2.10 bits per heavy atom. The third-order valence-corrected chi connectivity index (χ3v) is 4.29. The van der Waals surface area contributed by atoms with Crippen LogP contribution in [0, 0.1) is 5.82 Å². The van der Waals surface area contributed by atoms with Crippen molar-refractivity contribution in [2.75, 3.05) is 0 Å². The number of hydrogen-bond acceptors (Lipinski definition) is 3. The van der Waals surface area contributed by atoms with E-state index < -0.39 is 0 Å². The molecule has 0 bridgehead atoms. The van der Waals surface area contributed by atoms with E-state index in [1.54, 1.807) is 17.4 Å². The van der Waals surface area contributed by atoms with Crippen LogP contribution in [0.25, 0.3) is 0 Å². The summed E-state index contributed by atoms with van der Waals surface area (Å²) in [7, 11) is 0. The lowest BCUT2D eigenvalue weighted by atomic mass is 9.93. The molecule has 0 aliphatic carbocycles. The van der Waals surface area contributed by atoms with Crippen LogP contribution in [0.5, 0.6) is 5.75 Å². The third-order valence-electron chi connectivity index (χ3n) is 2.82. The fourth-order valence-electron chi connectivity index (χ4n) is 1.61. The third kappa shape index (κ3) is 3.79. The minimum atomic E-state index is -0.338. The van der Waals surface area contributed by atoms with Gasteiger partial charge < -0.3 is 4.74 Å². The maximum absolute atomic E-state index is 13.8. The normalized spacial score (nSPS) is 11.7. The van der Waals surface area contributed by atoms with E-state index >= 15 is 0 Å². The molecule has 0 aliphatic heterocycles. The number of hydrogen-bond donors (Lipinski definition) is 0. The molecule has 1 aromatic carbocycles. The molecule has 0 atom stereocenters. The molecule has 2 rings (SSSR count). The maximum atomic E-state index is 13.8. The first-order valence-electron chi connectivity index (χ1n) is 6.32. The molecule has 5 heteroatoms. The summed E-state index contributed by atoms with van der Waals surface area (Å²) >= 11 is 4.84. The van der Waals surface area contributed by atoms with Crippen LogP contribution in [0.2, 0.25) is 0 Å². The summed E-state index contributed by atoms with van der Waals surface area (Å²) in [5, 5.41) is 3.52. The lowest BCUT2D eigenvalue weighted by Gasteiger charge is -2.14. The highest BCUT2D eigenvalue weighted by Gasteiger charge is 2.17. The molecule has 2 aromatic rings. The Hall–Kier alpha value is -0.940. The topological polar surface area (TPSA) is 22.1 Å². The summed E-state index contributed by atoms with van der Waals surface area (Å²) in [6, 6.07) is 4.98. The first kappa shape index (κ1) is 15.4. The van der Waals surface area contributed by atoms with Crippen molar-refractivity contribution in [2.45, 2.75) is 38.1 Å². The summed E-state index contributed by atoms with van der Waals surface area (Å²) in [6.45, 7) is 6.65. The first-order valence-corrected chi connectivity index (χ1v) is 8.32. The van der Waals surface area contributed by atoms with Gasteiger partial charge in [-0.3, -0.25) is 0 Å². The standard InChI is InChI=1S/C15H17BrFNOS/c1-15(2,3)13-9-20-14(18-13)8-19-12-5-4-10(7-16)6-11(12)17/h4-6,9H,7-8H2,1-3H3. The van der Waals surface area contributed by atoms with Crippen molar-refractivity contribution in [2.24, 2.45) is 0 Å². The quantitative estimate of drug-likeness (QED) is 0.714. The molecular weight excluding hydrogens is 341 g/mol. The number of nitrogens with zero attached hydrogens (tertiary/aromatic N) is 1. The van der Waals surface area contributed by atoms with Gasteiger partial charge in [0.15, 0.2) is 11.6 Å². The highest BCUT2D eigenvalue weighted by Crippen LogP contribution is 2.25. The number of aromatic nitrogens is 1. The SMILES string of the molecule is CC(C)(C)c1csc(COc2ccc(CBr)cc2F)n1. The van der Waals surface area contributed by atoms with Gasteiger partial charge in [-0.1, -0.05) is 42.8 Å². The van der Waals surface area contributed by atoms with Crippen molar-refractivity contribution in [3.63, 3.8) is 0 Å². The van der Waals surface area contributed by atoms with Gasteiger partial charge >= 0.3 is 0 Å². The highest BCUT2D eigenvalue weighted by atomic mass is 79.9. The Bertz CT molecular complexity index is 592. The number of thiazole rings is 1. The van der Waals surface area contributed by atoms with Crippen LogP contribution in [0.3, 0.4) is 0 Å². The predicted octanol–water partition coefficient (Wildman–Crippen LogP) is 5.05. The predicted molar refractivity (Wildman–Crippen MR) is 84.2 cm³/mol. The minimum absolute atomic E-state index is 0.0253. The van der Waals surface area contributed by atoms with Crippen molar-refractivity contribution in [1.82, 2.24) is 4.98 Å². The summed E-state index contributed by atoms with van der Waals surface area (Å²) in [4.78, 5) is 4.52. The van der Waals surface area contributed by atoms with E-state index in [0.717, 1.165) is 16.3 Å². The van der Waals surface area contributed by atoms with Crippen LogP contribution in [0.15, 0.2) is 23.6 Å². The zero-order valence-electron chi connectivity index (χ0n) is 11.7. The van der Waals surface area contributed by atoms with Gasteiger partial charge in [-0.05, 0) is 17.7 Å². The van der Waals surface area contributed by atoms with Crippen LogP contribution in [0.1, 0.15) is 37.0 Å². The second kappa shape index (κ2) is 6.22. The molecule has 0 saturated heterocycles. The molecule has 0 unspecified atom stereocenters. The van der Waals surface area contributed by atoms with Gasteiger partial charge in [0, 0.05) is 16.1 Å².